The third-order valence-corrected chi connectivity index (χ3v) is 3.63. The molecule has 0 amide bonds. The zero-order chi connectivity index (χ0) is 15.1. The van der Waals surface area contributed by atoms with Crippen LogP contribution in [0.1, 0.15) is 19.4 Å². The molecule has 0 aliphatic heterocycles. The number of esters is 1. The number of carbonyl (C=O) groups excluding carboxylic acids is 1. The van der Waals surface area contributed by atoms with E-state index < -0.39 is 0 Å². The summed E-state index contributed by atoms with van der Waals surface area (Å²) in [6, 6.07) is 8.35. The van der Waals surface area contributed by atoms with Gasteiger partial charge in [-0.2, -0.15) is 0 Å². The number of para-hydroxylation sites is 1. The van der Waals surface area contributed by atoms with Crippen molar-refractivity contribution in [2.45, 2.75) is 26.3 Å². The monoisotopic (exact) mass is 279 g/mol. The molecule has 0 fully saturated rings. The van der Waals surface area contributed by atoms with Gasteiger partial charge in [0.2, 0.25) is 0 Å². The van der Waals surface area contributed by atoms with E-state index in [1.54, 1.807) is 7.11 Å². The van der Waals surface area contributed by atoms with Crippen molar-refractivity contribution in [3.8, 4) is 5.75 Å². The molecule has 0 radical (unpaired) electrons. The lowest BCUT2D eigenvalue weighted by atomic mass is 10.0. The molecule has 1 aromatic rings. The van der Waals surface area contributed by atoms with Crippen LogP contribution in [0.5, 0.6) is 5.75 Å². The van der Waals surface area contributed by atoms with Gasteiger partial charge in [-0.05, 0) is 32.0 Å². The van der Waals surface area contributed by atoms with Crippen molar-refractivity contribution in [1.29, 1.82) is 0 Å². The van der Waals surface area contributed by atoms with E-state index in [1.807, 2.05) is 32.2 Å². The molecule has 0 saturated heterocycles. The number of hydrogen-bond donors (Lipinski definition) is 0. The van der Waals surface area contributed by atoms with Crippen LogP contribution in [0.15, 0.2) is 24.3 Å². The fraction of sp³-hybridized carbons (Fsp3) is 0.562. The van der Waals surface area contributed by atoms with Crippen molar-refractivity contribution < 1.29 is 14.3 Å². The molecule has 0 saturated carbocycles. The van der Waals surface area contributed by atoms with Crippen LogP contribution >= 0.6 is 0 Å². The van der Waals surface area contributed by atoms with Crippen molar-refractivity contribution >= 4 is 5.97 Å². The predicted molar refractivity (Wildman–Crippen MR) is 80.0 cm³/mol. The highest BCUT2D eigenvalue weighted by atomic mass is 16.5. The van der Waals surface area contributed by atoms with Gasteiger partial charge in [-0.1, -0.05) is 25.1 Å². The first-order chi connectivity index (χ1) is 9.49. The van der Waals surface area contributed by atoms with Gasteiger partial charge in [-0.15, -0.1) is 0 Å². The molecule has 0 bridgehead atoms. The Bertz CT molecular complexity index is 433. The first-order valence-electron chi connectivity index (χ1n) is 6.89. The van der Waals surface area contributed by atoms with Crippen LogP contribution in [-0.2, 0) is 16.0 Å². The standard InChI is InChI=1S/C16H25NO3/c1-12(16(18)20-5)11-17(3)13(2)10-14-8-6-7-9-15(14)19-4/h6-9,12-13H,10-11H2,1-5H3. The van der Waals surface area contributed by atoms with E-state index in [2.05, 4.69) is 17.9 Å². The van der Waals surface area contributed by atoms with Crippen molar-refractivity contribution in [1.82, 2.24) is 4.90 Å². The number of ether oxygens (including phenoxy) is 2. The number of nitrogens with zero attached hydrogens (tertiary/aromatic N) is 1. The summed E-state index contributed by atoms with van der Waals surface area (Å²) in [5.41, 5.74) is 1.18. The first kappa shape index (κ1) is 16.5. The number of likely N-dealkylation sites (N-methyl/N-ethyl adjacent to an activating group) is 1. The Morgan fingerprint density at radius 1 is 1.25 bits per heavy atom. The molecule has 112 valence electrons. The van der Waals surface area contributed by atoms with E-state index in [0.29, 0.717) is 12.6 Å². The van der Waals surface area contributed by atoms with E-state index >= 15 is 0 Å². The average molecular weight is 279 g/mol. The SMILES string of the molecule is COC(=O)C(C)CN(C)C(C)Cc1ccccc1OC. The summed E-state index contributed by atoms with van der Waals surface area (Å²) in [6.07, 6.45) is 0.883. The van der Waals surface area contributed by atoms with Gasteiger partial charge in [0.15, 0.2) is 0 Å². The molecule has 2 atom stereocenters. The van der Waals surface area contributed by atoms with Crippen LogP contribution < -0.4 is 4.74 Å². The van der Waals surface area contributed by atoms with Gasteiger partial charge in [0.25, 0.3) is 0 Å². The second-order valence-electron chi connectivity index (χ2n) is 5.23. The molecule has 0 spiro atoms. The maximum atomic E-state index is 11.5. The van der Waals surface area contributed by atoms with Crippen LogP contribution in [0.3, 0.4) is 0 Å². The summed E-state index contributed by atoms with van der Waals surface area (Å²) in [6.45, 7) is 4.72. The minimum absolute atomic E-state index is 0.120. The smallest absolute Gasteiger partial charge is 0.309 e. The largest absolute Gasteiger partial charge is 0.496 e. The van der Waals surface area contributed by atoms with E-state index in [-0.39, 0.29) is 11.9 Å². The van der Waals surface area contributed by atoms with Crippen molar-refractivity contribution in [3.05, 3.63) is 29.8 Å². The molecule has 20 heavy (non-hydrogen) atoms. The molecule has 0 aromatic heterocycles. The average Bonchev–Trinajstić information content (AvgIpc) is 2.46. The summed E-state index contributed by atoms with van der Waals surface area (Å²) < 4.78 is 10.1. The third-order valence-electron chi connectivity index (χ3n) is 3.63. The molecule has 1 rings (SSSR count). The van der Waals surface area contributed by atoms with Crippen molar-refractivity contribution in [2.75, 3.05) is 27.8 Å². The van der Waals surface area contributed by atoms with E-state index in [4.69, 9.17) is 9.47 Å². The van der Waals surface area contributed by atoms with Gasteiger partial charge in [0, 0.05) is 12.6 Å². The number of benzene rings is 1. The van der Waals surface area contributed by atoms with Crippen LogP contribution in [0, 0.1) is 5.92 Å². The van der Waals surface area contributed by atoms with Gasteiger partial charge < -0.3 is 14.4 Å². The minimum atomic E-state index is -0.165. The number of methoxy groups -OCH3 is 2. The Morgan fingerprint density at radius 3 is 2.50 bits per heavy atom. The van der Waals surface area contributed by atoms with Gasteiger partial charge >= 0.3 is 5.97 Å². The summed E-state index contributed by atoms with van der Waals surface area (Å²) in [5, 5.41) is 0. The predicted octanol–water partition coefficient (Wildman–Crippen LogP) is 2.37. The zero-order valence-corrected chi connectivity index (χ0v) is 13.1. The molecule has 4 nitrogen and oxygen atoms in total. The van der Waals surface area contributed by atoms with Gasteiger partial charge in [0.1, 0.15) is 5.75 Å². The normalized spacial score (nSPS) is 13.9. The van der Waals surface area contributed by atoms with Crippen molar-refractivity contribution in [2.24, 2.45) is 5.92 Å². The lowest BCUT2D eigenvalue weighted by Crippen LogP contribution is -2.36. The minimum Gasteiger partial charge on any atom is -0.496 e. The fourth-order valence-corrected chi connectivity index (χ4v) is 2.23. The molecule has 0 aliphatic carbocycles. The van der Waals surface area contributed by atoms with Crippen LogP contribution in [0.4, 0.5) is 0 Å². The number of hydrogen-bond acceptors (Lipinski definition) is 4. The van der Waals surface area contributed by atoms with Crippen LogP contribution in [0.25, 0.3) is 0 Å². The maximum absolute atomic E-state index is 11.5. The highest BCUT2D eigenvalue weighted by molar-refractivity contribution is 5.72. The van der Waals surface area contributed by atoms with Crippen LogP contribution in [-0.4, -0.2) is 44.7 Å². The van der Waals surface area contributed by atoms with Crippen molar-refractivity contribution in [3.63, 3.8) is 0 Å². The summed E-state index contributed by atoms with van der Waals surface area (Å²) >= 11 is 0. The highest BCUT2D eigenvalue weighted by Gasteiger charge is 2.19. The Morgan fingerprint density at radius 2 is 1.90 bits per heavy atom. The van der Waals surface area contributed by atoms with Gasteiger partial charge in [-0.25, -0.2) is 0 Å². The summed E-state index contributed by atoms with van der Waals surface area (Å²) in [4.78, 5) is 13.6. The highest BCUT2D eigenvalue weighted by Crippen LogP contribution is 2.20. The first-order valence-corrected chi connectivity index (χ1v) is 6.89. The summed E-state index contributed by atoms with van der Waals surface area (Å²) in [7, 11) is 5.14. The topological polar surface area (TPSA) is 38.8 Å². The van der Waals surface area contributed by atoms with E-state index in [1.165, 1.54) is 12.7 Å². The quantitative estimate of drug-likeness (QED) is 0.718. The molecule has 1 aromatic carbocycles. The Balaban J connectivity index is 2.61. The van der Waals surface area contributed by atoms with Crippen LogP contribution in [0.2, 0.25) is 0 Å². The molecule has 0 aliphatic rings. The molecule has 4 heteroatoms. The molecule has 0 heterocycles. The second-order valence-corrected chi connectivity index (χ2v) is 5.23. The Kier molecular flexibility index (Phi) is 6.52. The third kappa shape index (κ3) is 4.53. The maximum Gasteiger partial charge on any atom is 0.309 e. The molecule has 0 N–H and O–H groups in total. The molecule has 2 unspecified atom stereocenters. The molecular weight excluding hydrogens is 254 g/mol. The number of rotatable bonds is 7. The lowest BCUT2D eigenvalue weighted by molar-refractivity contribution is -0.145. The fourth-order valence-electron chi connectivity index (χ4n) is 2.23. The van der Waals surface area contributed by atoms with Gasteiger partial charge in [-0.3, -0.25) is 4.79 Å². The zero-order valence-electron chi connectivity index (χ0n) is 13.1. The summed E-state index contributed by atoms with van der Waals surface area (Å²) in [5.74, 6) is 0.625. The lowest BCUT2D eigenvalue weighted by Gasteiger charge is -2.27. The molecular formula is C16H25NO3. The number of carbonyl (C=O) groups is 1. The van der Waals surface area contributed by atoms with Gasteiger partial charge in [0.05, 0.1) is 20.1 Å². The van der Waals surface area contributed by atoms with E-state index in [9.17, 15) is 4.79 Å². The van der Waals surface area contributed by atoms with E-state index in [0.717, 1.165) is 12.2 Å². The Hall–Kier alpha value is -1.55. The Labute approximate surface area is 121 Å². The second kappa shape index (κ2) is 7.90.